The van der Waals surface area contributed by atoms with E-state index in [9.17, 15) is 13.2 Å². The summed E-state index contributed by atoms with van der Waals surface area (Å²) in [5, 5.41) is 4.52. The monoisotopic (exact) mass is 642 g/mol. The fraction of sp³-hybridized carbons (Fsp3) is 0.172. The van der Waals surface area contributed by atoms with Crippen molar-refractivity contribution in [3.8, 4) is 11.4 Å². The van der Waals surface area contributed by atoms with Gasteiger partial charge in [0.25, 0.3) is 15.9 Å². The number of benzene rings is 3. The fourth-order valence-corrected chi connectivity index (χ4v) is 6.04. The minimum Gasteiger partial charge on any atom is -0.492 e. The van der Waals surface area contributed by atoms with E-state index < -0.39 is 22.5 Å². The van der Waals surface area contributed by atoms with Gasteiger partial charge in [0, 0.05) is 32.1 Å². The van der Waals surface area contributed by atoms with E-state index in [-0.39, 0.29) is 10.6 Å². The van der Waals surface area contributed by atoms with Crippen molar-refractivity contribution in [3.05, 3.63) is 105 Å². The van der Waals surface area contributed by atoms with Gasteiger partial charge in [-0.3, -0.25) is 9.10 Å². The van der Waals surface area contributed by atoms with E-state index in [0.717, 1.165) is 31.4 Å². The van der Waals surface area contributed by atoms with Crippen LogP contribution in [0.4, 0.5) is 5.69 Å². The van der Waals surface area contributed by atoms with E-state index >= 15 is 0 Å². The maximum Gasteiger partial charge on any atom is 0.264 e. The molecule has 1 N–H and O–H groups in total. The topological polar surface area (TPSA) is 93.0 Å². The molecule has 0 atom stereocenters. The van der Waals surface area contributed by atoms with Gasteiger partial charge in [-0.2, -0.15) is 5.10 Å². The van der Waals surface area contributed by atoms with Crippen LogP contribution in [-0.4, -0.2) is 38.3 Å². The van der Waals surface area contributed by atoms with Crippen LogP contribution < -0.4 is 14.5 Å². The third-order valence-corrected chi connectivity index (χ3v) is 8.63. The average Bonchev–Trinajstić information content (AvgIpc) is 3.21. The predicted octanol–water partition coefficient (Wildman–Crippen LogP) is 6.25. The second-order valence-corrected chi connectivity index (χ2v) is 12.0. The molecule has 0 saturated carbocycles. The Labute approximate surface area is 247 Å². The largest absolute Gasteiger partial charge is 0.492 e. The molecular formula is C29H28BrClN4O4S. The molecule has 0 aliphatic heterocycles. The Balaban J connectivity index is 1.58. The molecule has 11 heteroatoms. The van der Waals surface area contributed by atoms with Gasteiger partial charge in [-0.15, -0.1) is 0 Å². The lowest BCUT2D eigenvalue weighted by Crippen LogP contribution is -2.39. The maximum atomic E-state index is 13.7. The van der Waals surface area contributed by atoms with Crippen molar-refractivity contribution in [1.29, 1.82) is 0 Å². The summed E-state index contributed by atoms with van der Waals surface area (Å²) >= 11 is 9.42. The van der Waals surface area contributed by atoms with Crippen LogP contribution in [0.5, 0.6) is 5.75 Å². The van der Waals surface area contributed by atoms with Gasteiger partial charge in [0.15, 0.2) is 0 Å². The number of aromatic nitrogens is 1. The predicted molar refractivity (Wildman–Crippen MR) is 162 cm³/mol. The molecule has 4 aromatic rings. The molecule has 0 aliphatic carbocycles. The summed E-state index contributed by atoms with van der Waals surface area (Å²) in [4.78, 5) is 13.0. The van der Waals surface area contributed by atoms with Crippen molar-refractivity contribution < 1.29 is 17.9 Å². The normalized spacial score (nSPS) is 11.5. The molecule has 1 amide bonds. The quantitative estimate of drug-likeness (QED) is 0.163. The molecule has 0 radical (unpaired) electrons. The molecule has 0 fully saturated rings. The number of carbonyl (C=O) groups excluding carboxylic acids is 1. The zero-order valence-electron chi connectivity index (χ0n) is 22.1. The number of rotatable bonds is 10. The molecule has 1 aromatic heterocycles. The number of carbonyl (C=O) groups is 1. The van der Waals surface area contributed by atoms with E-state index in [1.54, 1.807) is 37.4 Å². The lowest BCUT2D eigenvalue weighted by atomic mass is 10.2. The first kappa shape index (κ1) is 29.4. The Morgan fingerprint density at radius 2 is 1.75 bits per heavy atom. The van der Waals surface area contributed by atoms with Crippen molar-refractivity contribution in [1.82, 2.24) is 9.99 Å². The van der Waals surface area contributed by atoms with Crippen LogP contribution in [0.2, 0.25) is 5.02 Å². The van der Waals surface area contributed by atoms with Crippen LogP contribution in [0.1, 0.15) is 23.9 Å². The molecule has 1 heterocycles. The highest BCUT2D eigenvalue weighted by molar-refractivity contribution is 9.10. The van der Waals surface area contributed by atoms with Gasteiger partial charge in [-0.25, -0.2) is 13.8 Å². The first-order chi connectivity index (χ1) is 19.1. The molecule has 0 unspecified atom stereocenters. The number of nitrogens with one attached hydrogen (secondary N) is 1. The van der Waals surface area contributed by atoms with Crippen molar-refractivity contribution >= 4 is 55.4 Å². The van der Waals surface area contributed by atoms with Crippen LogP contribution in [-0.2, 0) is 14.8 Å². The molecule has 4 rings (SSSR count). The van der Waals surface area contributed by atoms with E-state index in [4.69, 9.17) is 16.3 Å². The number of anilines is 1. The highest BCUT2D eigenvalue weighted by Gasteiger charge is 2.29. The number of amides is 1. The molecular weight excluding hydrogens is 616 g/mol. The second kappa shape index (κ2) is 12.7. The van der Waals surface area contributed by atoms with E-state index in [2.05, 4.69) is 31.0 Å². The van der Waals surface area contributed by atoms with Crippen molar-refractivity contribution in [2.24, 2.45) is 5.10 Å². The smallest absolute Gasteiger partial charge is 0.264 e. The Morgan fingerprint density at radius 3 is 2.42 bits per heavy atom. The van der Waals surface area contributed by atoms with E-state index in [0.29, 0.717) is 17.4 Å². The van der Waals surface area contributed by atoms with Gasteiger partial charge >= 0.3 is 0 Å². The van der Waals surface area contributed by atoms with Gasteiger partial charge in [0.05, 0.1) is 23.4 Å². The number of nitrogens with zero attached hydrogens (tertiary/aromatic N) is 3. The third kappa shape index (κ3) is 6.57. The second-order valence-electron chi connectivity index (χ2n) is 8.80. The van der Waals surface area contributed by atoms with Gasteiger partial charge in [-0.05, 0) is 87.5 Å². The third-order valence-electron chi connectivity index (χ3n) is 6.07. The average molecular weight is 644 g/mol. The zero-order valence-corrected chi connectivity index (χ0v) is 25.3. The summed E-state index contributed by atoms with van der Waals surface area (Å²) in [6.45, 7) is 5.54. The number of halogens is 2. The Morgan fingerprint density at radius 1 is 1.07 bits per heavy atom. The zero-order chi connectivity index (χ0) is 28.9. The number of aryl methyl sites for hydroxylation is 1. The fourth-order valence-electron chi connectivity index (χ4n) is 4.22. The molecule has 0 bridgehead atoms. The Bertz CT molecular complexity index is 1640. The standard InChI is InChI=1S/C29H28BrClN4O4S/c1-4-39-28-8-6-5-7-27(28)34(40(37,38)26-15-11-24(31)12-16-26)19-29(36)33-32-18-22-17-20(2)35(21(22)3)25-13-9-23(30)10-14-25/h5-18H,4,19H2,1-3H3,(H,33,36)/b32-18-. The van der Waals surface area contributed by atoms with Gasteiger partial charge in [0.1, 0.15) is 12.3 Å². The number of hydrogen-bond donors (Lipinski definition) is 1. The maximum absolute atomic E-state index is 13.7. The minimum absolute atomic E-state index is 0.0140. The van der Waals surface area contributed by atoms with Crippen LogP contribution >= 0.6 is 27.5 Å². The molecule has 0 saturated heterocycles. The SMILES string of the molecule is CCOc1ccccc1N(CC(=O)N/N=C\c1cc(C)n(-c2ccc(Br)cc2)c1C)S(=O)(=O)c1ccc(Cl)cc1. The molecule has 0 spiro atoms. The lowest BCUT2D eigenvalue weighted by molar-refractivity contribution is -0.119. The summed E-state index contributed by atoms with van der Waals surface area (Å²) in [6, 6.07) is 22.3. The van der Waals surface area contributed by atoms with Crippen molar-refractivity contribution in [2.75, 3.05) is 17.5 Å². The highest BCUT2D eigenvalue weighted by Crippen LogP contribution is 2.32. The summed E-state index contributed by atoms with van der Waals surface area (Å²) in [6.07, 6.45) is 1.54. The van der Waals surface area contributed by atoms with Gasteiger partial charge in [-0.1, -0.05) is 39.7 Å². The van der Waals surface area contributed by atoms with E-state index in [1.165, 1.54) is 24.3 Å². The first-order valence-electron chi connectivity index (χ1n) is 12.4. The first-order valence-corrected chi connectivity index (χ1v) is 15.0. The molecule has 40 heavy (non-hydrogen) atoms. The Hall–Kier alpha value is -3.60. The van der Waals surface area contributed by atoms with Crippen LogP contribution in [0.25, 0.3) is 5.69 Å². The Kier molecular flexibility index (Phi) is 9.34. The van der Waals surface area contributed by atoms with Crippen molar-refractivity contribution in [3.63, 3.8) is 0 Å². The van der Waals surface area contributed by atoms with Gasteiger partial charge < -0.3 is 9.30 Å². The highest BCUT2D eigenvalue weighted by atomic mass is 79.9. The summed E-state index contributed by atoms with van der Waals surface area (Å²) in [5.41, 5.74) is 6.45. The lowest BCUT2D eigenvalue weighted by Gasteiger charge is -2.25. The number of ether oxygens (including phenoxy) is 1. The van der Waals surface area contributed by atoms with Crippen LogP contribution in [0, 0.1) is 13.8 Å². The van der Waals surface area contributed by atoms with Crippen LogP contribution in [0.15, 0.2) is 93.3 Å². The molecule has 3 aromatic carbocycles. The van der Waals surface area contributed by atoms with E-state index in [1.807, 2.05) is 44.2 Å². The molecule has 0 aliphatic rings. The summed E-state index contributed by atoms with van der Waals surface area (Å²) in [7, 11) is -4.15. The minimum atomic E-state index is -4.15. The summed E-state index contributed by atoms with van der Waals surface area (Å²) < 4.78 is 37.1. The van der Waals surface area contributed by atoms with Crippen LogP contribution in [0.3, 0.4) is 0 Å². The summed E-state index contributed by atoms with van der Waals surface area (Å²) in [5.74, 6) is -0.291. The number of hydrogen-bond acceptors (Lipinski definition) is 5. The van der Waals surface area contributed by atoms with Crippen molar-refractivity contribution in [2.45, 2.75) is 25.7 Å². The van der Waals surface area contributed by atoms with Gasteiger partial charge in [0.2, 0.25) is 0 Å². The molecule has 208 valence electrons. The number of para-hydroxylation sites is 2. The number of hydrazone groups is 1. The number of sulfonamides is 1. The molecule has 8 nitrogen and oxygen atoms in total.